The van der Waals surface area contributed by atoms with Crippen LogP contribution in [0.1, 0.15) is 43.7 Å². The Bertz CT molecular complexity index is 1730. The summed E-state index contributed by atoms with van der Waals surface area (Å²) in [4.78, 5) is 23.4. The Morgan fingerprint density at radius 1 is 0.911 bits per heavy atom. The van der Waals surface area contributed by atoms with Crippen molar-refractivity contribution in [2.45, 2.75) is 56.1 Å². The average molecular weight is 627 g/mol. The fraction of sp³-hybridized carbons (Fsp3) is 0.303. The molecule has 12 heteroatoms. The second-order valence-corrected chi connectivity index (χ2v) is 12.5. The van der Waals surface area contributed by atoms with Crippen LogP contribution in [0.25, 0.3) is 11.2 Å². The van der Waals surface area contributed by atoms with Gasteiger partial charge >= 0.3 is 8.25 Å². The van der Waals surface area contributed by atoms with Crippen LogP contribution in [0, 0.1) is 0 Å². The van der Waals surface area contributed by atoms with E-state index in [4.69, 9.17) is 28.7 Å². The molecule has 230 valence electrons. The summed E-state index contributed by atoms with van der Waals surface area (Å²) >= 11 is 0. The Morgan fingerprint density at radius 3 is 2.04 bits per heavy atom. The zero-order valence-corrected chi connectivity index (χ0v) is 25.9. The minimum absolute atomic E-state index is 0.149. The molecule has 1 unspecified atom stereocenters. The number of hydrogen-bond donors (Lipinski definition) is 2. The van der Waals surface area contributed by atoms with E-state index in [1.165, 1.54) is 6.33 Å². The number of nitrogens with one attached hydrogen (secondary N) is 1. The molecule has 2 aliphatic rings. The van der Waals surface area contributed by atoms with Crippen molar-refractivity contribution in [2.24, 2.45) is 0 Å². The highest BCUT2D eigenvalue weighted by Gasteiger charge is 2.64. The monoisotopic (exact) mass is 626 g/mol. The van der Waals surface area contributed by atoms with Gasteiger partial charge in [0.25, 0.3) is 0 Å². The first-order valence-corrected chi connectivity index (χ1v) is 15.8. The smallest absolute Gasteiger partial charge is 0.351 e. The minimum atomic E-state index is -2.81. The fourth-order valence-electron chi connectivity index (χ4n) is 6.72. The van der Waals surface area contributed by atoms with Crippen molar-refractivity contribution in [2.75, 3.05) is 11.9 Å². The Kier molecular flexibility index (Phi) is 7.48. The molecule has 5 aromatic rings. The van der Waals surface area contributed by atoms with Crippen LogP contribution in [0.5, 0.6) is 0 Å². The molecule has 0 aliphatic carbocycles. The van der Waals surface area contributed by atoms with E-state index in [2.05, 4.69) is 46.7 Å². The van der Waals surface area contributed by atoms with Crippen molar-refractivity contribution in [1.29, 1.82) is 0 Å². The van der Waals surface area contributed by atoms with Crippen LogP contribution in [0.15, 0.2) is 104 Å². The number of benzene rings is 3. The molecule has 45 heavy (non-hydrogen) atoms. The predicted octanol–water partition coefficient (Wildman–Crippen LogP) is 5.70. The van der Waals surface area contributed by atoms with Gasteiger partial charge in [0.1, 0.15) is 36.3 Å². The number of ether oxygens (including phenoxy) is 3. The van der Waals surface area contributed by atoms with Gasteiger partial charge in [0.2, 0.25) is 0 Å². The highest BCUT2D eigenvalue weighted by atomic mass is 31.1. The maximum absolute atomic E-state index is 11.4. The predicted molar refractivity (Wildman–Crippen MR) is 166 cm³/mol. The van der Waals surface area contributed by atoms with Crippen molar-refractivity contribution < 1.29 is 28.2 Å². The van der Waals surface area contributed by atoms with Crippen molar-refractivity contribution in [3.8, 4) is 0 Å². The third-order valence-corrected chi connectivity index (χ3v) is 8.83. The zero-order chi connectivity index (χ0) is 31.2. The zero-order valence-electron chi connectivity index (χ0n) is 25.0. The van der Waals surface area contributed by atoms with Crippen molar-refractivity contribution in [3.63, 3.8) is 0 Å². The molecule has 11 nitrogen and oxygen atoms in total. The van der Waals surface area contributed by atoms with Crippen LogP contribution in [-0.2, 0) is 28.8 Å². The fourth-order valence-corrected chi connectivity index (χ4v) is 7.00. The number of hydrogen-bond acceptors (Lipinski definition) is 9. The van der Waals surface area contributed by atoms with Crippen LogP contribution in [0.4, 0.5) is 5.82 Å². The molecule has 5 atom stereocenters. The first-order chi connectivity index (χ1) is 21.7. The van der Waals surface area contributed by atoms with Gasteiger partial charge in [-0.15, -0.1) is 9.42 Å². The topological polar surface area (TPSA) is 130 Å². The van der Waals surface area contributed by atoms with E-state index in [-0.39, 0.29) is 6.61 Å². The van der Waals surface area contributed by atoms with E-state index in [1.54, 1.807) is 10.9 Å². The summed E-state index contributed by atoms with van der Waals surface area (Å²) < 4.78 is 37.2. The Hall–Kier alpha value is -4.09. The lowest BCUT2D eigenvalue weighted by Gasteiger charge is -2.37. The van der Waals surface area contributed by atoms with Crippen molar-refractivity contribution in [1.82, 2.24) is 19.5 Å². The Balaban J connectivity index is 1.35. The molecule has 0 bridgehead atoms. The summed E-state index contributed by atoms with van der Waals surface area (Å²) in [6, 6.07) is 30.7. The van der Waals surface area contributed by atoms with Crippen LogP contribution >= 0.6 is 8.25 Å². The molecule has 0 spiro atoms. The largest absolute Gasteiger partial charge is 0.694 e. The van der Waals surface area contributed by atoms with E-state index in [0.29, 0.717) is 17.0 Å². The average Bonchev–Trinajstić information content (AvgIpc) is 3.66. The first-order valence-electron chi connectivity index (χ1n) is 14.7. The highest BCUT2D eigenvalue weighted by Crippen LogP contribution is 2.52. The summed E-state index contributed by atoms with van der Waals surface area (Å²) in [5, 5.41) is 3.79. The van der Waals surface area contributed by atoms with E-state index in [9.17, 15) is 9.46 Å². The summed E-state index contributed by atoms with van der Waals surface area (Å²) in [6.07, 6.45) is 1.16. The SMILES string of the molecule is CC1(C)O[C@@H]2[C@@H](CO[P+](=O)O)O[C@@H](n3cnc4c(NC(c5ccccc5)(c5ccccc5)c5ccccc5)ncnc43)[C@]2(C)O1. The second kappa shape index (κ2) is 11.4. The summed E-state index contributed by atoms with van der Waals surface area (Å²) in [7, 11) is -2.81. The van der Waals surface area contributed by atoms with E-state index in [0.717, 1.165) is 16.7 Å². The molecule has 2 aliphatic heterocycles. The Labute approximate surface area is 261 Å². The van der Waals surface area contributed by atoms with Crippen molar-refractivity contribution in [3.05, 3.63) is 120 Å². The number of nitrogens with zero attached hydrogens (tertiary/aromatic N) is 4. The molecule has 0 radical (unpaired) electrons. The standard InChI is InChI=1S/C33H32N5O6P/c1-31(2)43-27-25(19-41-45(39)40)42-30(32(27,3)44-31)38-21-36-26-28(34-20-35-29(26)38)37-33(22-13-7-4-8-14-22,23-15-9-5-10-16-23)24-17-11-6-12-18-24/h4-18,20-21,25,27,30H,19H2,1-3H3,(H-,34,35,37,39,40)/p+1/t25-,27-,30-,32-/m1/s1. The molecule has 3 aromatic carbocycles. The van der Waals surface area contributed by atoms with Gasteiger partial charge in [-0.1, -0.05) is 91.0 Å². The maximum atomic E-state index is 11.4. The molecule has 2 N–H and O–H groups in total. The van der Waals surface area contributed by atoms with Crippen LogP contribution in [0.3, 0.4) is 0 Å². The third-order valence-electron chi connectivity index (χ3n) is 8.46. The van der Waals surface area contributed by atoms with E-state index >= 15 is 0 Å². The number of anilines is 1. The van der Waals surface area contributed by atoms with E-state index in [1.807, 2.05) is 75.4 Å². The van der Waals surface area contributed by atoms with Gasteiger partial charge in [0, 0.05) is 4.57 Å². The molecule has 2 fully saturated rings. The summed E-state index contributed by atoms with van der Waals surface area (Å²) in [6.45, 7) is 5.40. The van der Waals surface area contributed by atoms with Gasteiger partial charge in [0.15, 0.2) is 29.0 Å². The second-order valence-electron chi connectivity index (χ2n) is 11.8. The van der Waals surface area contributed by atoms with Crippen LogP contribution in [0.2, 0.25) is 0 Å². The number of aromatic nitrogens is 4. The molecule has 4 heterocycles. The minimum Gasteiger partial charge on any atom is -0.351 e. The van der Waals surface area contributed by atoms with Gasteiger partial charge in [-0.05, 0) is 37.5 Å². The third kappa shape index (κ3) is 5.11. The first kappa shape index (κ1) is 29.6. The lowest BCUT2D eigenvalue weighted by atomic mass is 9.77. The van der Waals surface area contributed by atoms with E-state index < -0.39 is 43.6 Å². The summed E-state index contributed by atoms with van der Waals surface area (Å²) in [5.74, 6) is -0.393. The number of fused-ring (bicyclic) bond motifs is 2. The Morgan fingerprint density at radius 2 is 1.49 bits per heavy atom. The normalized spacial score (nSPS) is 24.4. The summed E-state index contributed by atoms with van der Waals surface area (Å²) in [5.41, 5.74) is 2.30. The van der Waals surface area contributed by atoms with Gasteiger partial charge in [-0.2, -0.15) is 0 Å². The molecule has 7 rings (SSSR count). The number of rotatable bonds is 9. The molecule has 2 saturated heterocycles. The van der Waals surface area contributed by atoms with Gasteiger partial charge in [-0.25, -0.2) is 15.0 Å². The highest BCUT2D eigenvalue weighted by molar-refractivity contribution is 7.32. The lowest BCUT2D eigenvalue weighted by Crippen LogP contribution is -2.42. The van der Waals surface area contributed by atoms with Crippen LogP contribution in [-0.4, -0.2) is 54.6 Å². The molecule has 0 saturated carbocycles. The molecule has 2 aromatic heterocycles. The molecular weight excluding hydrogens is 593 g/mol. The molecule has 0 amide bonds. The van der Waals surface area contributed by atoms with Gasteiger partial charge in [0.05, 0.1) is 6.33 Å². The van der Waals surface area contributed by atoms with Crippen molar-refractivity contribution >= 4 is 25.2 Å². The van der Waals surface area contributed by atoms with Gasteiger partial charge < -0.3 is 19.5 Å². The number of imidazole rings is 1. The molecular formula is C33H33N5O6P+. The lowest BCUT2D eigenvalue weighted by molar-refractivity contribution is -0.216. The van der Waals surface area contributed by atoms with Gasteiger partial charge in [-0.3, -0.25) is 4.57 Å². The quantitative estimate of drug-likeness (QED) is 0.155. The maximum Gasteiger partial charge on any atom is 0.694 e. The van der Waals surface area contributed by atoms with Crippen LogP contribution < -0.4 is 5.32 Å².